The fraction of sp³-hybridized carbons (Fsp3) is 0.263. The highest BCUT2D eigenvalue weighted by Gasteiger charge is 2.22. The molecule has 0 spiro atoms. The van der Waals surface area contributed by atoms with Crippen molar-refractivity contribution < 1.29 is 31.3 Å². The molecule has 30 heavy (non-hydrogen) atoms. The second kappa shape index (κ2) is 11.1. The summed E-state index contributed by atoms with van der Waals surface area (Å²) >= 11 is 1.31. The minimum Gasteiger partial charge on any atom is -0.490 e. The first-order valence-corrected chi connectivity index (χ1v) is 11.4. The van der Waals surface area contributed by atoms with E-state index < -0.39 is 27.5 Å². The number of rotatable bonds is 11. The van der Waals surface area contributed by atoms with Crippen LogP contribution in [0.1, 0.15) is 17.2 Å². The van der Waals surface area contributed by atoms with E-state index in [0.717, 1.165) is 5.56 Å². The molecule has 0 saturated carbocycles. The molecule has 0 aliphatic carbocycles. The van der Waals surface area contributed by atoms with Gasteiger partial charge < -0.3 is 4.74 Å². The minimum absolute atomic E-state index is 0.00727. The Bertz CT molecular complexity index is 969. The average molecular weight is 457 g/mol. The molecule has 0 aromatic heterocycles. The molecule has 0 fully saturated rings. The lowest BCUT2D eigenvalue weighted by Crippen LogP contribution is -2.32. The van der Waals surface area contributed by atoms with Crippen molar-refractivity contribution in [3.05, 3.63) is 65.5 Å². The molecular formula is C19H21FN2O6S2. The molecule has 0 bridgehead atoms. The summed E-state index contributed by atoms with van der Waals surface area (Å²) in [5.74, 6) is -0.649. The summed E-state index contributed by atoms with van der Waals surface area (Å²) in [5.41, 5.74) is 0.821. The number of carbonyl (C=O) groups excluding carboxylic acids is 2. The van der Waals surface area contributed by atoms with Crippen molar-refractivity contribution in [3.8, 4) is 5.75 Å². The Morgan fingerprint density at radius 3 is 2.47 bits per heavy atom. The third-order valence-corrected chi connectivity index (χ3v) is 5.48. The third kappa shape index (κ3) is 7.41. The van der Waals surface area contributed by atoms with E-state index in [-0.39, 0.29) is 18.1 Å². The van der Waals surface area contributed by atoms with Gasteiger partial charge in [-0.05, 0) is 36.4 Å². The quantitative estimate of drug-likeness (QED) is 0.493. The van der Waals surface area contributed by atoms with Crippen LogP contribution in [0, 0.1) is 5.82 Å². The maximum Gasteiger partial charge on any atom is 0.333 e. The lowest BCUT2D eigenvalue weighted by atomic mass is 10.1. The highest BCUT2D eigenvalue weighted by Crippen LogP contribution is 2.24. The zero-order valence-corrected chi connectivity index (χ0v) is 17.6. The van der Waals surface area contributed by atoms with Crippen LogP contribution in [0.15, 0.2) is 48.5 Å². The van der Waals surface area contributed by atoms with E-state index in [4.69, 9.17) is 14.1 Å². The van der Waals surface area contributed by atoms with E-state index in [0.29, 0.717) is 18.6 Å². The number of hydrogen-bond acceptors (Lipinski definition) is 7. The highest BCUT2D eigenvalue weighted by atomic mass is 32.2. The van der Waals surface area contributed by atoms with Gasteiger partial charge in [0.05, 0.1) is 5.25 Å². The first-order chi connectivity index (χ1) is 14.2. The van der Waals surface area contributed by atoms with Gasteiger partial charge in [0.1, 0.15) is 24.3 Å². The minimum atomic E-state index is -4.34. The second-order valence-electron chi connectivity index (χ2n) is 6.11. The number of ether oxygens (including phenoxy) is 1. The van der Waals surface area contributed by atoms with Gasteiger partial charge in [-0.3, -0.25) is 14.9 Å². The number of nitrogens with one attached hydrogen (secondary N) is 1. The molecular weight excluding hydrogens is 435 g/mol. The van der Waals surface area contributed by atoms with Crippen LogP contribution >= 0.6 is 11.8 Å². The number of amides is 2. The van der Waals surface area contributed by atoms with Crippen LogP contribution in [0.5, 0.6) is 5.75 Å². The molecule has 2 aromatic rings. The van der Waals surface area contributed by atoms with Gasteiger partial charge in [-0.1, -0.05) is 30.3 Å². The van der Waals surface area contributed by atoms with E-state index in [9.17, 15) is 22.4 Å². The van der Waals surface area contributed by atoms with Crippen molar-refractivity contribution >= 4 is 34.4 Å². The maximum atomic E-state index is 14.0. The van der Waals surface area contributed by atoms with Gasteiger partial charge in [-0.15, -0.1) is 0 Å². The monoisotopic (exact) mass is 456 g/mol. The number of nitrogens with two attached hydrogens (primary N) is 1. The molecule has 2 atom stereocenters. The van der Waals surface area contributed by atoms with Gasteiger partial charge in [0.2, 0.25) is 12.3 Å². The molecule has 11 heteroatoms. The SMILES string of the molecule is CSC(Cc1ccc(OCC(OS(N)(=O)=O)c2ccccc2F)cc1)C(=O)NC=O. The fourth-order valence-corrected chi connectivity index (χ4v) is 3.73. The molecule has 162 valence electrons. The Labute approximate surface area is 178 Å². The fourth-order valence-electron chi connectivity index (χ4n) is 2.61. The zero-order chi connectivity index (χ0) is 22.1. The van der Waals surface area contributed by atoms with Gasteiger partial charge in [0.15, 0.2) is 0 Å². The van der Waals surface area contributed by atoms with Crippen LogP contribution in [0.3, 0.4) is 0 Å². The lowest BCUT2D eigenvalue weighted by Gasteiger charge is -2.18. The summed E-state index contributed by atoms with van der Waals surface area (Å²) in [6.45, 7) is -0.300. The Kier molecular flexibility index (Phi) is 8.78. The molecule has 2 rings (SSSR count). The van der Waals surface area contributed by atoms with Crippen LogP contribution in [0.4, 0.5) is 4.39 Å². The Morgan fingerprint density at radius 2 is 1.90 bits per heavy atom. The molecule has 3 N–H and O–H groups in total. The molecule has 0 aliphatic rings. The number of carbonyl (C=O) groups is 2. The standard InChI is InChI=1S/C19H21FN2O6S2/c1-29-18(19(24)22-12-23)10-13-6-8-14(9-7-13)27-11-17(28-30(21,25)26)15-4-2-3-5-16(15)20/h2-9,12,17-18H,10-11H2,1H3,(H2,21,25,26)(H,22,23,24). The van der Waals surface area contributed by atoms with Crippen molar-refractivity contribution in [1.82, 2.24) is 5.32 Å². The number of imide groups is 1. The lowest BCUT2D eigenvalue weighted by molar-refractivity contribution is -0.124. The average Bonchev–Trinajstić information content (AvgIpc) is 2.70. The van der Waals surface area contributed by atoms with Gasteiger partial charge in [0, 0.05) is 5.56 Å². The molecule has 0 aliphatic heterocycles. The van der Waals surface area contributed by atoms with Crippen molar-refractivity contribution in [2.24, 2.45) is 5.14 Å². The summed E-state index contributed by atoms with van der Waals surface area (Å²) in [4.78, 5) is 22.2. The van der Waals surface area contributed by atoms with E-state index in [1.54, 1.807) is 30.5 Å². The summed E-state index contributed by atoms with van der Waals surface area (Å²) in [7, 11) is -4.34. The smallest absolute Gasteiger partial charge is 0.333 e. The number of halogens is 1. The Morgan fingerprint density at radius 1 is 1.23 bits per heavy atom. The van der Waals surface area contributed by atoms with Gasteiger partial charge in [-0.25, -0.2) is 13.7 Å². The first-order valence-electron chi connectivity index (χ1n) is 8.67. The van der Waals surface area contributed by atoms with E-state index in [1.807, 2.05) is 0 Å². The second-order valence-corrected chi connectivity index (χ2v) is 8.33. The normalized spacial score (nSPS) is 13.3. The Balaban J connectivity index is 2.06. The van der Waals surface area contributed by atoms with Crippen molar-refractivity contribution in [3.63, 3.8) is 0 Å². The van der Waals surface area contributed by atoms with Crippen molar-refractivity contribution in [2.75, 3.05) is 12.9 Å². The number of thioether (sulfide) groups is 1. The largest absolute Gasteiger partial charge is 0.490 e. The zero-order valence-electron chi connectivity index (χ0n) is 16.0. The van der Waals surface area contributed by atoms with Gasteiger partial charge >= 0.3 is 10.3 Å². The predicted octanol–water partition coefficient (Wildman–Crippen LogP) is 1.71. The van der Waals surface area contributed by atoms with Crippen LogP contribution < -0.4 is 15.2 Å². The van der Waals surface area contributed by atoms with E-state index >= 15 is 0 Å². The Hall–Kier alpha value is -2.47. The summed E-state index contributed by atoms with van der Waals surface area (Å²) in [6, 6.07) is 12.3. The summed E-state index contributed by atoms with van der Waals surface area (Å²) in [5, 5.41) is 6.63. The van der Waals surface area contributed by atoms with Crippen LogP contribution in [0.2, 0.25) is 0 Å². The van der Waals surface area contributed by atoms with Gasteiger partial charge in [-0.2, -0.15) is 20.2 Å². The molecule has 0 saturated heterocycles. The summed E-state index contributed by atoms with van der Waals surface area (Å²) < 4.78 is 47.0. The van der Waals surface area contributed by atoms with Crippen LogP contribution in [0.25, 0.3) is 0 Å². The van der Waals surface area contributed by atoms with Gasteiger partial charge in [0.25, 0.3) is 0 Å². The molecule has 0 heterocycles. The highest BCUT2D eigenvalue weighted by molar-refractivity contribution is 7.99. The topological polar surface area (TPSA) is 125 Å². The molecule has 0 radical (unpaired) electrons. The predicted molar refractivity (Wildman–Crippen MR) is 110 cm³/mol. The van der Waals surface area contributed by atoms with Crippen LogP contribution in [-0.4, -0.2) is 38.8 Å². The van der Waals surface area contributed by atoms with E-state index in [1.165, 1.54) is 36.0 Å². The molecule has 2 amide bonds. The third-order valence-electron chi connectivity index (χ3n) is 4.03. The number of benzene rings is 2. The van der Waals surface area contributed by atoms with Crippen molar-refractivity contribution in [1.29, 1.82) is 0 Å². The maximum absolute atomic E-state index is 14.0. The molecule has 2 aromatic carbocycles. The molecule has 8 nitrogen and oxygen atoms in total. The molecule has 2 unspecified atom stereocenters. The summed E-state index contributed by atoms with van der Waals surface area (Å²) in [6.07, 6.45) is 1.24. The van der Waals surface area contributed by atoms with Crippen molar-refractivity contribution in [2.45, 2.75) is 17.8 Å². The van der Waals surface area contributed by atoms with Crippen LogP contribution in [-0.2, 0) is 30.5 Å². The number of hydrogen-bond donors (Lipinski definition) is 2. The van der Waals surface area contributed by atoms with E-state index in [2.05, 4.69) is 5.32 Å². The first kappa shape index (κ1) is 23.8.